The number of carboxylic acid groups (broad SMARTS) is 1. The molecule has 0 amide bonds. The number of aromatic nitrogens is 1. The van der Waals surface area contributed by atoms with E-state index in [1.165, 1.54) is 0 Å². The summed E-state index contributed by atoms with van der Waals surface area (Å²) >= 11 is 0. The number of para-hydroxylation sites is 1. The lowest BCUT2D eigenvalue weighted by molar-refractivity contribution is -0.139. The van der Waals surface area contributed by atoms with Crippen LogP contribution in [0.15, 0.2) is 54.7 Å². The summed E-state index contributed by atoms with van der Waals surface area (Å²) in [6.45, 7) is 2.01. The minimum Gasteiger partial charge on any atom is -0.497 e. The van der Waals surface area contributed by atoms with Crippen molar-refractivity contribution in [2.45, 2.75) is 31.9 Å². The molecule has 1 aliphatic heterocycles. The molecule has 7 heteroatoms. The number of rotatable bonds is 9. The Morgan fingerprint density at radius 2 is 2.03 bits per heavy atom. The predicted molar refractivity (Wildman–Crippen MR) is 142 cm³/mol. The van der Waals surface area contributed by atoms with Crippen LogP contribution in [0.25, 0.3) is 10.9 Å². The molecule has 2 heterocycles. The Morgan fingerprint density at radius 3 is 2.81 bits per heavy atom. The fourth-order valence-corrected chi connectivity index (χ4v) is 5.19. The van der Waals surface area contributed by atoms with Gasteiger partial charge < -0.3 is 14.6 Å². The van der Waals surface area contributed by atoms with Crippen molar-refractivity contribution in [1.29, 1.82) is 0 Å². The summed E-state index contributed by atoms with van der Waals surface area (Å²) in [6.07, 6.45) is 2.35. The van der Waals surface area contributed by atoms with Crippen LogP contribution in [0.3, 0.4) is 0 Å². The van der Waals surface area contributed by atoms with Gasteiger partial charge in [0.05, 0.1) is 31.8 Å². The summed E-state index contributed by atoms with van der Waals surface area (Å²) in [4.78, 5) is 18.1. The van der Waals surface area contributed by atoms with Crippen molar-refractivity contribution < 1.29 is 23.8 Å². The van der Waals surface area contributed by atoms with Crippen molar-refractivity contribution in [3.63, 3.8) is 0 Å². The zero-order valence-corrected chi connectivity index (χ0v) is 21.3. The number of carbonyl (C=O) groups is 1. The second-order valence-corrected chi connectivity index (χ2v) is 9.47. The van der Waals surface area contributed by atoms with Crippen LogP contribution in [-0.4, -0.2) is 54.8 Å². The van der Waals surface area contributed by atoms with Crippen LogP contribution in [0.1, 0.15) is 43.0 Å². The minimum absolute atomic E-state index is 0.0409. The molecule has 1 saturated heterocycles. The van der Waals surface area contributed by atoms with Gasteiger partial charge in [0.2, 0.25) is 0 Å². The van der Waals surface area contributed by atoms with E-state index in [4.69, 9.17) is 9.47 Å². The molecule has 194 valence electrons. The Kier molecular flexibility index (Phi) is 8.97. The number of aliphatic carboxylic acids is 1. The SMILES string of the molecule is COc1ccc2nccc([C@@H](F)CC[C@@H]3CCN(CC#Cc4ccccc4OC)C[C@@H]3CC(=O)O)c2c1. The molecular weight excluding hydrogens is 471 g/mol. The first kappa shape index (κ1) is 26.4. The van der Waals surface area contributed by atoms with Crippen molar-refractivity contribution in [2.75, 3.05) is 33.9 Å². The smallest absolute Gasteiger partial charge is 0.303 e. The summed E-state index contributed by atoms with van der Waals surface area (Å²) < 4.78 is 26.2. The predicted octanol–water partition coefficient (Wildman–Crippen LogP) is 5.51. The monoisotopic (exact) mass is 504 g/mol. The van der Waals surface area contributed by atoms with E-state index in [0.29, 0.717) is 37.2 Å². The highest BCUT2D eigenvalue weighted by Crippen LogP contribution is 2.36. The van der Waals surface area contributed by atoms with Crippen LogP contribution in [0, 0.1) is 23.7 Å². The van der Waals surface area contributed by atoms with Gasteiger partial charge in [-0.25, -0.2) is 4.39 Å². The summed E-state index contributed by atoms with van der Waals surface area (Å²) in [6, 6.07) is 14.8. The maximum atomic E-state index is 15.5. The number of halogens is 1. The number of alkyl halides is 1. The zero-order valence-electron chi connectivity index (χ0n) is 21.3. The lowest BCUT2D eigenvalue weighted by atomic mass is 9.79. The number of hydrogen-bond donors (Lipinski definition) is 1. The first-order valence-electron chi connectivity index (χ1n) is 12.6. The Labute approximate surface area is 217 Å². The molecule has 6 nitrogen and oxygen atoms in total. The number of carboxylic acids is 1. The number of methoxy groups -OCH3 is 2. The van der Waals surface area contributed by atoms with Gasteiger partial charge in [0, 0.05) is 24.5 Å². The number of hydrogen-bond acceptors (Lipinski definition) is 5. The van der Waals surface area contributed by atoms with Gasteiger partial charge in [-0.1, -0.05) is 24.0 Å². The van der Waals surface area contributed by atoms with E-state index in [1.54, 1.807) is 26.5 Å². The quantitative estimate of drug-likeness (QED) is 0.388. The highest BCUT2D eigenvalue weighted by molar-refractivity contribution is 5.83. The summed E-state index contributed by atoms with van der Waals surface area (Å²) in [5, 5.41) is 10.3. The van der Waals surface area contributed by atoms with Crippen molar-refractivity contribution in [3.05, 3.63) is 65.9 Å². The van der Waals surface area contributed by atoms with E-state index >= 15 is 4.39 Å². The molecule has 0 unspecified atom stereocenters. The van der Waals surface area contributed by atoms with Crippen LogP contribution in [0.2, 0.25) is 0 Å². The third kappa shape index (κ3) is 6.78. The van der Waals surface area contributed by atoms with Gasteiger partial charge in [-0.3, -0.25) is 14.7 Å². The minimum atomic E-state index is -1.16. The molecule has 4 rings (SSSR count). The van der Waals surface area contributed by atoms with Crippen LogP contribution in [-0.2, 0) is 4.79 Å². The molecular formula is C30H33FN2O4. The maximum Gasteiger partial charge on any atom is 0.303 e. The van der Waals surface area contributed by atoms with Crippen molar-refractivity contribution in [3.8, 4) is 23.3 Å². The van der Waals surface area contributed by atoms with Gasteiger partial charge in [0.1, 0.15) is 17.7 Å². The standard InChI is InChI=1S/C30H33FN2O4/c1-36-24-10-12-28-26(19-24)25(13-15-32-28)27(31)11-9-21-14-17-33(20-23(21)18-30(34)35)16-5-7-22-6-3-4-8-29(22)37-2/h3-4,6,8,10,12-13,15,19,21,23,27H,9,11,14,16-18,20H2,1-2H3,(H,34,35)/t21-,23+,27+/m1/s1. The molecule has 1 aromatic heterocycles. The van der Waals surface area contributed by atoms with Crippen LogP contribution >= 0.6 is 0 Å². The van der Waals surface area contributed by atoms with E-state index in [2.05, 4.69) is 21.7 Å². The topological polar surface area (TPSA) is 71.9 Å². The molecule has 3 aromatic rings. The molecule has 0 radical (unpaired) electrons. The van der Waals surface area contributed by atoms with Crippen LogP contribution in [0.4, 0.5) is 4.39 Å². The zero-order chi connectivity index (χ0) is 26.2. The second-order valence-electron chi connectivity index (χ2n) is 9.47. The number of pyridine rings is 1. The van der Waals surface area contributed by atoms with Crippen LogP contribution in [0.5, 0.6) is 11.5 Å². The maximum absolute atomic E-state index is 15.5. The molecule has 37 heavy (non-hydrogen) atoms. The number of ether oxygens (including phenoxy) is 2. The highest BCUT2D eigenvalue weighted by Gasteiger charge is 2.31. The molecule has 1 N–H and O–H groups in total. The van der Waals surface area contributed by atoms with E-state index < -0.39 is 12.1 Å². The van der Waals surface area contributed by atoms with E-state index in [1.807, 2.05) is 42.5 Å². The third-order valence-corrected chi connectivity index (χ3v) is 7.16. The van der Waals surface area contributed by atoms with Crippen molar-refractivity contribution in [1.82, 2.24) is 9.88 Å². The fraction of sp³-hybridized carbons (Fsp3) is 0.400. The lowest BCUT2D eigenvalue weighted by Crippen LogP contribution is -2.41. The van der Waals surface area contributed by atoms with Crippen molar-refractivity contribution >= 4 is 16.9 Å². The van der Waals surface area contributed by atoms with Gasteiger partial charge in [0.15, 0.2) is 0 Å². The number of fused-ring (bicyclic) bond motifs is 1. The van der Waals surface area contributed by atoms with Gasteiger partial charge in [-0.15, -0.1) is 0 Å². The Morgan fingerprint density at radius 1 is 1.19 bits per heavy atom. The Bertz CT molecular complexity index is 1290. The number of likely N-dealkylation sites (tertiary alicyclic amines) is 1. The second kappa shape index (κ2) is 12.6. The molecule has 0 aliphatic carbocycles. The van der Waals surface area contributed by atoms with Gasteiger partial charge in [-0.2, -0.15) is 0 Å². The molecule has 0 saturated carbocycles. The summed E-state index contributed by atoms with van der Waals surface area (Å²) in [7, 11) is 3.21. The van der Waals surface area contributed by atoms with E-state index in [0.717, 1.165) is 35.2 Å². The summed E-state index contributed by atoms with van der Waals surface area (Å²) in [5.74, 6) is 7.06. The summed E-state index contributed by atoms with van der Waals surface area (Å²) in [5.41, 5.74) is 2.16. The van der Waals surface area contributed by atoms with Gasteiger partial charge in [0.25, 0.3) is 0 Å². The fourth-order valence-electron chi connectivity index (χ4n) is 5.19. The molecule has 1 fully saturated rings. The lowest BCUT2D eigenvalue weighted by Gasteiger charge is -2.37. The number of benzene rings is 2. The largest absolute Gasteiger partial charge is 0.497 e. The average molecular weight is 505 g/mol. The first-order valence-corrected chi connectivity index (χ1v) is 12.6. The van der Waals surface area contributed by atoms with E-state index in [-0.39, 0.29) is 18.3 Å². The van der Waals surface area contributed by atoms with Crippen LogP contribution < -0.4 is 9.47 Å². The first-order chi connectivity index (χ1) is 18.0. The van der Waals surface area contributed by atoms with Gasteiger partial charge in [-0.05, 0) is 79.6 Å². The molecule has 3 atom stereocenters. The van der Waals surface area contributed by atoms with Crippen molar-refractivity contribution in [2.24, 2.45) is 11.8 Å². The Hall–Kier alpha value is -3.63. The molecule has 0 spiro atoms. The molecule has 1 aliphatic rings. The third-order valence-electron chi connectivity index (χ3n) is 7.16. The number of piperidine rings is 1. The normalized spacial score (nSPS) is 18.6. The molecule has 0 bridgehead atoms. The number of nitrogens with zero attached hydrogens (tertiary/aromatic N) is 2. The highest BCUT2D eigenvalue weighted by atomic mass is 19.1. The van der Waals surface area contributed by atoms with E-state index in [9.17, 15) is 9.90 Å². The molecule has 2 aromatic carbocycles. The van der Waals surface area contributed by atoms with Gasteiger partial charge >= 0.3 is 5.97 Å². The average Bonchev–Trinajstić information content (AvgIpc) is 2.91. The Balaban J connectivity index is 1.39.